The van der Waals surface area contributed by atoms with E-state index >= 15 is 0 Å². The van der Waals surface area contributed by atoms with Gasteiger partial charge in [-0.2, -0.15) is 0 Å². The quantitative estimate of drug-likeness (QED) is 0.851. The van der Waals surface area contributed by atoms with Crippen LogP contribution in [0.4, 0.5) is 0 Å². The van der Waals surface area contributed by atoms with E-state index in [9.17, 15) is 4.79 Å². The number of aryl methyl sites for hydroxylation is 2. The first-order chi connectivity index (χ1) is 11.6. The van der Waals surface area contributed by atoms with Gasteiger partial charge >= 0.3 is 0 Å². The summed E-state index contributed by atoms with van der Waals surface area (Å²) in [7, 11) is 0. The number of likely N-dealkylation sites (tertiary alicyclic amines) is 2. The van der Waals surface area contributed by atoms with Gasteiger partial charge in [0.2, 0.25) is 5.91 Å². The Morgan fingerprint density at radius 3 is 2.75 bits per heavy atom. The van der Waals surface area contributed by atoms with Crippen molar-refractivity contribution in [2.24, 2.45) is 5.92 Å². The van der Waals surface area contributed by atoms with Gasteiger partial charge in [-0.1, -0.05) is 5.16 Å². The second-order valence-electron chi connectivity index (χ2n) is 8.10. The molecule has 1 aromatic rings. The van der Waals surface area contributed by atoms with Gasteiger partial charge in [0.1, 0.15) is 5.76 Å². The van der Waals surface area contributed by atoms with Gasteiger partial charge < -0.3 is 14.3 Å². The average Bonchev–Trinajstić information content (AvgIpc) is 3.29. The molecule has 0 unspecified atom stereocenters. The number of nitrogens with zero attached hydrogens (tertiary/aromatic N) is 3. The molecule has 4 rings (SSSR count). The zero-order valence-corrected chi connectivity index (χ0v) is 15.0. The van der Waals surface area contributed by atoms with Crippen LogP contribution in [0.3, 0.4) is 0 Å². The third-order valence-corrected chi connectivity index (χ3v) is 6.40. The highest BCUT2D eigenvalue weighted by Gasteiger charge is 2.46. The maximum absolute atomic E-state index is 12.6. The molecule has 3 aliphatic rings. The summed E-state index contributed by atoms with van der Waals surface area (Å²) in [6.45, 7) is 8.21. The van der Waals surface area contributed by atoms with Crippen LogP contribution in [0.2, 0.25) is 0 Å². The average molecular weight is 331 g/mol. The van der Waals surface area contributed by atoms with Crippen molar-refractivity contribution in [3.05, 3.63) is 17.0 Å². The highest BCUT2D eigenvalue weighted by Crippen LogP contribution is 2.41. The van der Waals surface area contributed by atoms with Gasteiger partial charge in [-0.3, -0.25) is 4.79 Å². The maximum atomic E-state index is 12.6. The van der Waals surface area contributed by atoms with Crippen molar-refractivity contribution in [1.29, 1.82) is 0 Å². The molecule has 2 aliphatic heterocycles. The fourth-order valence-corrected chi connectivity index (χ4v) is 4.62. The van der Waals surface area contributed by atoms with E-state index in [2.05, 4.69) is 15.0 Å². The van der Waals surface area contributed by atoms with Crippen LogP contribution >= 0.6 is 0 Å². The molecule has 3 fully saturated rings. The predicted octanol–water partition coefficient (Wildman–Crippen LogP) is 3.05. The Labute approximate surface area is 144 Å². The number of hydrogen-bond acceptors (Lipinski definition) is 4. The molecule has 5 nitrogen and oxygen atoms in total. The highest BCUT2D eigenvalue weighted by atomic mass is 16.5. The Morgan fingerprint density at radius 2 is 2.04 bits per heavy atom. The number of hydrogen-bond donors (Lipinski definition) is 0. The van der Waals surface area contributed by atoms with Crippen LogP contribution in [0.25, 0.3) is 0 Å². The summed E-state index contributed by atoms with van der Waals surface area (Å²) in [5, 5.41) is 4.07. The molecule has 2 saturated heterocycles. The van der Waals surface area contributed by atoms with Crippen molar-refractivity contribution in [1.82, 2.24) is 15.0 Å². The highest BCUT2D eigenvalue weighted by molar-refractivity contribution is 5.79. The van der Waals surface area contributed by atoms with Crippen LogP contribution in [0.1, 0.15) is 62.0 Å². The lowest BCUT2D eigenvalue weighted by atomic mass is 9.87. The van der Waals surface area contributed by atoms with Gasteiger partial charge in [0.25, 0.3) is 0 Å². The SMILES string of the molecule is Cc1noc(C)c1CN1C(=O)CC[C@]12CCCN(CC1CC1)CC2. The van der Waals surface area contributed by atoms with Gasteiger partial charge in [-0.25, -0.2) is 0 Å². The summed E-state index contributed by atoms with van der Waals surface area (Å²) >= 11 is 0. The van der Waals surface area contributed by atoms with Crippen LogP contribution < -0.4 is 0 Å². The van der Waals surface area contributed by atoms with Crippen LogP contribution in [-0.4, -0.2) is 46.0 Å². The minimum atomic E-state index is 0.0610. The van der Waals surface area contributed by atoms with Gasteiger partial charge in [0, 0.05) is 30.6 Å². The van der Waals surface area contributed by atoms with Crippen LogP contribution in [0, 0.1) is 19.8 Å². The van der Waals surface area contributed by atoms with Gasteiger partial charge in [-0.15, -0.1) is 0 Å². The monoisotopic (exact) mass is 331 g/mol. The molecule has 1 saturated carbocycles. The summed E-state index contributed by atoms with van der Waals surface area (Å²) in [5.74, 6) is 2.11. The number of aromatic nitrogens is 1. The van der Waals surface area contributed by atoms with Crippen LogP contribution in [-0.2, 0) is 11.3 Å². The van der Waals surface area contributed by atoms with E-state index in [1.807, 2.05) is 13.8 Å². The van der Waals surface area contributed by atoms with Crippen molar-refractivity contribution < 1.29 is 9.32 Å². The first-order valence-electron chi connectivity index (χ1n) is 9.52. The van der Waals surface area contributed by atoms with Crippen molar-refractivity contribution in [2.45, 2.75) is 70.9 Å². The molecule has 1 aliphatic carbocycles. The molecule has 0 aromatic carbocycles. The van der Waals surface area contributed by atoms with E-state index in [0.29, 0.717) is 18.9 Å². The Hall–Kier alpha value is -1.36. The van der Waals surface area contributed by atoms with E-state index in [1.165, 1.54) is 32.4 Å². The summed E-state index contributed by atoms with van der Waals surface area (Å²) in [4.78, 5) is 17.4. The molecule has 0 N–H and O–H groups in total. The minimum Gasteiger partial charge on any atom is -0.361 e. The first kappa shape index (κ1) is 16.1. The smallest absolute Gasteiger partial charge is 0.223 e. The molecule has 1 atom stereocenters. The fraction of sp³-hybridized carbons (Fsp3) is 0.789. The first-order valence-corrected chi connectivity index (χ1v) is 9.52. The molecule has 3 heterocycles. The third-order valence-electron chi connectivity index (χ3n) is 6.40. The molecule has 24 heavy (non-hydrogen) atoms. The Balaban J connectivity index is 1.50. The molecule has 5 heteroatoms. The van der Waals surface area contributed by atoms with Gasteiger partial charge in [0.05, 0.1) is 12.2 Å². The second-order valence-corrected chi connectivity index (χ2v) is 8.10. The summed E-state index contributed by atoms with van der Waals surface area (Å²) < 4.78 is 5.31. The molecular weight excluding hydrogens is 302 g/mol. The lowest BCUT2D eigenvalue weighted by Gasteiger charge is -2.38. The fourth-order valence-electron chi connectivity index (χ4n) is 4.62. The zero-order chi connectivity index (χ0) is 16.7. The van der Waals surface area contributed by atoms with Gasteiger partial charge in [0.15, 0.2) is 0 Å². The topological polar surface area (TPSA) is 49.6 Å². The molecule has 132 valence electrons. The predicted molar refractivity (Wildman–Crippen MR) is 91.5 cm³/mol. The maximum Gasteiger partial charge on any atom is 0.223 e. The van der Waals surface area contributed by atoms with E-state index in [-0.39, 0.29) is 5.54 Å². The Morgan fingerprint density at radius 1 is 1.21 bits per heavy atom. The van der Waals surface area contributed by atoms with Crippen LogP contribution in [0.5, 0.6) is 0 Å². The number of rotatable bonds is 4. The molecule has 1 amide bonds. The van der Waals surface area contributed by atoms with E-state index < -0.39 is 0 Å². The number of carbonyl (C=O) groups excluding carboxylic acids is 1. The van der Waals surface area contributed by atoms with Crippen molar-refractivity contribution in [3.63, 3.8) is 0 Å². The van der Waals surface area contributed by atoms with E-state index in [0.717, 1.165) is 48.7 Å². The van der Waals surface area contributed by atoms with E-state index in [1.54, 1.807) is 0 Å². The van der Waals surface area contributed by atoms with Crippen molar-refractivity contribution in [2.75, 3.05) is 19.6 Å². The third kappa shape index (κ3) is 2.99. The Bertz CT molecular complexity index is 603. The second kappa shape index (κ2) is 6.17. The Kier molecular flexibility index (Phi) is 4.15. The summed E-state index contributed by atoms with van der Waals surface area (Å²) in [6, 6.07) is 0. The van der Waals surface area contributed by atoms with Gasteiger partial charge in [-0.05, 0) is 64.8 Å². The summed E-state index contributed by atoms with van der Waals surface area (Å²) in [6.07, 6.45) is 8.02. The van der Waals surface area contributed by atoms with Crippen LogP contribution in [0.15, 0.2) is 4.52 Å². The molecule has 1 spiro atoms. The standard InChI is InChI=1S/C19H29N3O2/c1-14-17(15(2)24-20-14)13-22-18(23)6-8-19(22)7-3-10-21(11-9-19)12-16-4-5-16/h16H,3-13H2,1-2H3/t19-/m0/s1. The largest absolute Gasteiger partial charge is 0.361 e. The lowest BCUT2D eigenvalue weighted by Crippen LogP contribution is -2.46. The normalized spacial score (nSPS) is 28.8. The number of amides is 1. The minimum absolute atomic E-state index is 0.0610. The summed E-state index contributed by atoms with van der Waals surface area (Å²) in [5.41, 5.74) is 2.08. The van der Waals surface area contributed by atoms with Crippen molar-refractivity contribution in [3.8, 4) is 0 Å². The zero-order valence-electron chi connectivity index (χ0n) is 15.0. The van der Waals surface area contributed by atoms with Crippen molar-refractivity contribution >= 4 is 5.91 Å². The molecular formula is C19H29N3O2. The van der Waals surface area contributed by atoms with E-state index in [4.69, 9.17) is 4.52 Å². The number of carbonyl (C=O) groups is 1. The lowest BCUT2D eigenvalue weighted by molar-refractivity contribution is -0.132. The molecule has 0 bridgehead atoms. The molecule has 1 aromatic heterocycles. The molecule has 0 radical (unpaired) electrons.